The Morgan fingerprint density at radius 3 is 1.63 bits per heavy atom. The minimum Gasteiger partial charge on any atom is -0.459 e. The average Bonchev–Trinajstić information content (AvgIpc) is 2.85. The molecule has 0 aliphatic carbocycles. The molecule has 7 nitrogen and oxygen atoms in total. The van der Waals surface area contributed by atoms with Crippen molar-refractivity contribution in [3.63, 3.8) is 0 Å². The molecule has 1 heterocycles. The van der Waals surface area contributed by atoms with E-state index in [9.17, 15) is 25.2 Å². The lowest BCUT2D eigenvalue weighted by Crippen LogP contribution is -2.61. The van der Waals surface area contributed by atoms with Crippen LogP contribution in [0.2, 0.25) is 0 Å². The van der Waals surface area contributed by atoms with Crippen molar-refractivity contribution in [3.05, 3.63) is 0 Å². The molecule has 0 aromatic rings. The fourth-order valence-corrected chi connectivity index (χ4v) is 4.77. The lowest BCUT2D eigenvalue weighted by Gasteiger charge is -2.41. The number of esters is 1. The number of hydrogen-bond donors (Lipinski definition) is 4. The Balaban J connectivity index is 2.37. The van der Waals surface area contributed by atoms with Gasteiger partial charge in [0.1, 0.15) is 30.5 Å². The molecule has 0 radical (unpaired) electrons. The first-order valence-electron chi connectivity index (χ1n) is 14.5. The normalized spacial score (nSPS) is 25.5. The fraction of sp³-hybridized carbons (Fsp3) is 0.964. The zero-order valence-corrected chi connectivity index (χ0v) is 22.4. The van der Waals surface area contributed by atoms with Crippen molar-refractivity contribution in [2.24, 2.45) is 0 Å². The Hall–Kier alpha value is -0.730. The van der Waals surface area contributed by atoms with E-state index < -0.39 is 36.8 Å². The molecule has 0 bridgehead atoms. The van der Waals surface area contributed by atoms with Crippen LogP contribution in [0.25, 0.3) is 0 Å². The molecular weight excluding hydrogens is 448 g/mol. The number of carbonyl (C=O) groups excluding carboxylic acids is 1. The maximum absolute atomic E-state index is 12.5. The SMILES string of the molecule is CCCCCCCCCCCCCC(=O)OC(CCCCCCCC)[C@H]1O[C@@H](O)[C@H](O)[C@@H](O)[C@@H]1O. The minimum absolute atomic E-state index is 0.306. The number of aliphatic hydroxyl groups is 4. The lowest BCUT2D eigenvalue weighted by molar-refractivity contribution is -0.298. The zero-order valence-electron chi connectivity index (χ0n) is 22.4. The number of hydrogen-bond acceptors (Lipinski definition) is 7. The molecule has 1 saturated heterocycles. The highest BCUT2D eigenvalue weighted by molar-refractivity contribution is 5.69. The van der Waals surface area contributed by atoms with Crippen LogP contribution in [0.5, 0.6) is 0 Å². The number of ether oxygens (including phenoxy) is 2. The fourth-order valence-electron chi connectivity index (χ4n) is 4.77. The first-order valence-corrected chi connectivity index (χ1v) is 14.5. The molecule has 1 aliphatic rings. The van der Waals surface area contributed by atoms with Gasteiger partial charge in [0, 0.05) is 6.42 Å². The number of rotatable bonds is 21. The van der Waals surface area contributed by atoms with Crippen molar-refractivity contribution < 1.29 is 34.7 Å². The van der Waals surface area contributed by atoms with E-state index in [2.05, 4.69) is 13.8 Å². The summed E-state index contributed by atoms with van der Waals surface area (Å²) in [6.45, 7) is 4.40. The zero-order chi connectivity index (χ0) is 25.9. The average molecular weight is 503 g/mol. The van der Waals surface area contributed by atoms with Gasteiger partial charge in [-0.1, -0.05) is 110 Å². The van der Waals surface area contributed by atoms with Crippen LogP contribution in [0.1, 0.15) is 136 Å². The predicted molar refractivity (Wildman–Crippen MR) is 138 cm³/mol. The molecule has 1 unspecified atom stereocenters. The van der Waals surface area contributed by atoms with Gasteiger partial charge in [-0.05, 0) is 19.3 Å². The summed E-state index contributed by atoms with van der Waals surface area (Å²) in [6.07, 6.45) is 12.3. The summed E-state index contributed by atoms with van der Waals surface area (Å²) in [5.41, 5.74) is 0. The molecule has 35 heavy (non-hydrogen) atoms. The van der Waals surface area contributed by atoms with Crippen molar-refractivity contribution in [1.82, 2.24) is 0 Å². The van der Waals surface area contributed by atoms with Crippen molar-refractivity contribution in [3.8, 4) is 0 Å². The Bertz CT molecular complexity index is 516. The number of carbonyl (C=O) groups is 1. The second kappa shape index (κ2) is 20.3. The van der Waals surface area contributed by atoms with Crippen molar-refractivity contribution in [2.75, 3.05) is 0 Å². The van der Waals surface area contributed by atoms with E-state index in [1.165, 1.54) is 64.2 Å². The van der Waals surface area contributed by atoms with E-state index in [0.29, 0.717) is 12.8 Å². The first kappa shape index (κ1) is 32.3. The van der Waals surface area contributed by atoms with Gasteiger partial charge in [0.05, 0.1) is 0 Å². The van der Waals surface area contributed by atoms with Gasteiger partial charge in [-0.25, -0.2) is 0 Å². The molecule has 7 heteroatoms. The van der Waals surface area contributed by atoms with Crippen LogP contribution in [0.15, 0.2) is 0 Å². The Morgan fingerprint density at radius 2 is 1.11 bits per heavy atom. The first-order chi connectivity index (χ1) is 16.9. The van der Waals surface area contributed by atoms with Crippen LogP contribution in [-0.4, -0.2) is 63.2 Å². The third kappa shape index (κ3) is 14.0. The quantitative estimate of drug-likeness (QED) is 0.127. The maximum Gasteiger partial charge on any atom is 0.306 e. The molecule has 4 N–H and O–H groups in total. The van der Waals surface area contributed by atoms with Gasteiger partial charge < -0.3 is 29.9 Å². The van der Waals surface area contributed by atoms with Crippen LogP contribution in [0, 0.1) is 0 Å². The van der Waals surface area contributed by atoms with Crippen LogP contribution in [-0.2, 0) is 14.3 Å². The highest BCUT2D eigenvalue weighted by Crippen LogP contribution is 2.27. The monoisotopic (exact) mass is 502 g/mol. The third-order valence-corrected chi connectivity index (χ3v) is 7.10. The summed E-state index contributed by atoms with van der Waals surface area (Å²) in [4.78, 5) is 12.5. The Labute approximate surface area is 213 Å². The van der Waals surface area contributed by atoms with Gasteiger partial charge in [-0.2, -0.15) is 0 Å². The van der Waals surface area contributed by atoms with E-state index in [-0.39, 0.29) is 5.97 Å². The van der Waals surface area contributed by atoms with Crippen molar-refractivity contribution in [2.45, 2.75) is 173 Å². The second-order valence-corrected chi connectivity index (χ2v) is 10.3. The van der Waals surface area contributed by atoms with Gasteiger partial charge >= 0.3 is 5.97 Å². The Morgan fingerprint density at radius 1 is 0.657 bits per heavy atom. The van der Waals surface area contributed by atoms with Gasteiger partial charge in [0.15, 0.2) is 6.29 Å². The molecule has 0 saturated carbocycles. The molecule has 1 fully saturated rings. The van der Waals surface area contributed by atoms with E-state index in [1.54, 1.807) is 0 Å². The summed E-state index contributed by atoms with van der Waals surface area (Å²) < 4.78 is 11.1. The number of unbranched alkanes of at least 4 members (excludes halogenated alkanes) is 15. The van der Waals surface area contributed by atoms with Gasteiger partial charge in [-0.3, -0.25) is 4.79 Å². The van der Waals surface area contributed by atoms with Gasteiger partial charge in [-0.15, -0.1) is 0 Å². The van der Waals surface area contributed by atoms with Crippen LogP contribution < -0.4 is 0 Å². The van der Waals surface area contributed by atoms with Crippen LogP contribution in [0.4, 0.5) is 0 Å². The molecule has 1 rings (SSSR count). The largest absolute Gasteiger partial charge is 0.459 e. The van der Waals surface area contributed by atoms with Gasteiger partial charge in [0.2, 0.25) is 0 Å². The van der Waals surface area contributed by atoms with Crippen molar-refractivity contribution >= 4 is 5.97 Å². The molecule has 0 aromatic heterocycles. The van der Waals surface area contributed by atoms with E-state index in [1.807, 2.05) is 0 Å². The summed E-state index contributed by atoms with van der Waals surface area (Å²) in [5.74, 6) is -0.345. The molecule has 0 aromatic carbocycles. The minimum atomic E-state index is -1.63. The molecule has 208 valence electrons. The van der Waals surface area contributed by atoms with Crippen molar-refractivity contribution in [1.29, 1.82) is 0 Å². The van der Waals surface area contributed by atoms with Crippen LogP contribution >= 0.6 is 0 Å². The van der Waals surface area contributed by atoms with E-state index >= 15 is 0 Å². The Kier molecular flexibility index (Phi) is 18.8. The molecule has 0 spiro atoms. The highest BCUT2D eigenvalue weighted by atomic mass is 16.7. The topological polar surface area (TPSA) is 116 Å². The third-order valence-electron chi connectivity index (χ3n) is 7.10. The van der Waals surface area contributed by atoms with Gasteiger partial charge in [0.25, 0.3) is 0 Å². The van der Waals surface area contributed by atoms with E-state index in [4.69, 9.17) is 9.47 Å². The number of aliphatic hydroxyl groups excluding tert-OH is 4. The summed E-state index contributed by atoms with van der Waals surface area (Å²) in [7, 11) is 0. The maximum atomic E-state index is 12.5. The smallest absolute Gasteiger partial charge is 0.306 e. The summed E-state index contributed by atoms with van der Waals surface area (Å²) >= 11 is 0. The predicted octanol–water partition coefficient (Wildman–Crippen LogP) is 5.15. The molecule has 1 aliphatic heterocycles. The lowest BCUT2D eigenvalue weighted by atomic mass is 9.92. The van der Waals surface area contributed by atoms with Crippen LogP contribution in [0.3, 0.4) is 0 Å². The van der Waals surface area contributed by atoms with E-state index in [0.717, 1.165) is 44.9 Å². The summed E-state index contributed by atoms with van der Waals surface area (Å²) in [5, 5.41) is 40.2. The molecule has 0 amide bonds. The highest BCUT2D eigenvalue weighted by Gasteiger charge is 2.47. The summed E-state index contributed by atoms with van der Waals surface area (Å²) in [6, 6.07) is 0. The molecular formula is C28H54O7. The standard InChI is InChI=1S/C28H54O7/c1-3-5-7-9-11-12-13-14-15-17-19-21-23(29)34-22(20-18-16-10-8-6-4-2)27-25(31)24(30)26(32)28(33)35-27/h22,24-28,30-33H,3-21H2,1-2H3/t22?,24-,25-,26+,27+,28+/m0/s1. The second-order valence-electron chi connectivity index (χ2n) is 10.3. The molecule has 6 atom stereocenters.